The molecule has 0 fully saturated rings. The van der Waals surface area contributed by atoms with Gasteiger partial charge in [-0.15, -0.1) is 0 Å². The van der Waals surface area contributed by atoms with Gasteiger partial charge < -0.3 is 0 Å². The van der Waals surface area contributed by atoms with Gasteiger partial charge in [-0.25, -0.2) is 0 Å². The Balaban J connectivity index is 0. The Hall–Kier alpha value is 0.880. The van der Waals surface area contributed by atoms with Crippen LogP contribution in [0.15, 0.2) is 0 Å². The molecule has 0 heterocycles. The Bertz CT molecular complexity index is 4.00. The van der Waals surface area contributed by atoms with Gasteiger partial charge in [0, 0.05) is 28.3 Å². The first-order chi connectivity index (χ1) is 2.00. The fourth-order valence-corrected chi connectivity index (χ4v) is 0. The van der Waals surface area contributed by atoms with Gasteiger partial charge >= 0.3 is 0 Å². The fourth-order valence-electron chi connectivity index (χ4n) is 0. The first kappa shape index (κ1) is 8.86. The average Bonchev–Trinajstić information content (AvgIpc) is 1.50. The number of halogens is 2. The van der Waals surface area contributed by atoms with Crippen LogP contribution < -0.4 is 0 Å². The molecular formula is H2Br2O2. The van der Waals surface area contributed by atoms with E-state index in [9.17, 15) is 0 Å². The maximum atomic E-state index is 6.00. The van der Waals surface area contributed by atoms with E-state index < -0.39 is 0 Å². The summed E-state index contributed by atoms with van der Waals surface area (Å²) < 4.78 is 0. The highest BCUT2D eigenvalue weighted by Crippen LogP contribution is 1.85. The molecule has 0 aliphatic rings. The second kappa shape index (κ2) is 41.6. The molecule has 0 atom stereocenters. The summed E-state index contributed by atoms with van der Waals surface area (Å²) in [5.41, 5.74) is 0. The van der Waals surface area contributed by atoms with Crippen LogP contribution in [0.5, 0.6) is 0 Å². The van der Waals surface area contributed by atoms with Crippen LogP contribution in [0, 0.1) is 0 Å². The zero-order chi connectivity index (χ0) is 4.00. The van der Waals surface area contributed by atoms with Gasteiger partial charge in [0.2, 0.25) is 0 Å². The SMILES string of the molecule is BrBr.OO. The van der Waals surface area contributed by atoms with Crippen LogP contribution in [-0.4, -0.2) is 10.5 Å². The van der Waals surface area contributed by atoms with Crippen molar-refractivity contribution < 1.29 is 10.5 Å². The van der Waals surface area contributed by atoms with Gasteiger partial charge in [0.1, 0.15) is 0 Å². The van der Waals surface area contributed by atoms with Crippen LogP contribution in [0.25, 0.3) is 0 Å². The van der Waals surface area contributed by atoms with Crippen molar-refractivity contribution in [2.45, 2.75) is 0 Å². The molecule has 0 saturated carbocycles. The highest BCUT2D eigenvalue weighted by molar-refractivity contribution is 9.93. The minimum atomic E-state index is 2.75. The quantitative estimate of drug-likeness (QED) is 0.455. The molecule has 0 radical (unpaired) electrons. The van der Waals surface area contributed by atoms with Gasteiger partial charge in [0.05, 0.1) is 0 Å². The van der Waals surface area contributed by atoms with Gasteiger partial charge in [0.25, 0.3) is 0 Å². The molecule has 4 heavy (non-hydrogen) atoms. The van der Waals surface area contributed by atoms with Gasteiger partial charge in [-0.05, 0) is 0 Å². The number of hydrogen-bond acceptors (Lipinski definition) is 2. The lowest BCUT2D eigenvalue weighted by Crippen LogP contribution is -1.29. The standard InChI is InChI=1S/Br2.H2O2/c2*1-2/h;1-2H. The zero-order valence-electron chi connectivity index (χ0n) is 1.65. The van der Waals surface area contributed by atoms with Crippen LogP contribution in [0.4, 0.5) is 0 Å². The predicted octanol–water partition coefficient (Wildman–Crippen LogP) is 1.71. The van der Waals surface area contributed by atoms with Crippen molar-refractivity contribution in [1.29, 1.82) is 0 Å². The Labute approximate surface area is 39.2 Å². The van der Waals surface area contributed by atoms with Crippen LogP contribution >= 0.6 is 28.3 Å². The van der Waals surface area contributed by atoms with Crippen LogP contribution in [0.1, 0.15) is 0 Å². The summed E-state index contributed by atoms with van der Waals surface area (Å²) in [6.45, 7) is 0. The number of rotatable bonds is 0. The molecule has 2 N–H and O–H groups in total. The molecule has 0 aromatic carbocycles. The molecule has 0 bridgehead atoms. The topological polar surface area (TPSA) is 40.5 Å². The maximum absolute atomic E-state index is 6.00. The average molecular weight is 194 g/mol. The summed E-state index contributed by atoms with van der Waals surface area (Å²) >= 11 is 5.50. The summed E-state index contributed by atoms with van der Waals surface area (Å²) in [7, 11) is 0. The zero-order valence-corrected chi connectivity index (χ0v) is 4.82. The van der Waals surface area contributed by atoms with E-state index in [0.717, 1.165) is 0 Å². The third kappa shape index (κ3) is 13.1. The third-order valence-electron chi connectivity index (χ3n) is 0. The van der Waals surface area contributed by atoms with Crippen LogP contribution in [-0.2, 0) is 0 Å². The second-order valence-corrected chi connectivity index (χ2v) is 0. The minimum Gasteiger partial charge on any atom is -0.255 e. The van der Waals surface area contributed by atoms with E-state index >= 15 is 0 Å². The summed E-state index contributed by atoms with van der Waals surface area (Å²) in [5, 5.41) is 12.0. The molecule has 0 aromatic rings. The van der Waals surface area contributed by atoms with Crippen LogP contribution in [0.3, 0.4) is 0 Å². The maximum Gasteiger partial charge on any atom is 0 e. The lowest BCUT2D eigenvalue weighted by Gasteiger charge is -1.25. The van der Waals surface area contributed by atoms with Crippen molar-refractivity contribution in [1.82, 2.24) is 0 Å². The van der Waals surface area contributed by atoms with E-state index in [1.807, 2.05) is 0 Å². The Kier molecular flexibility index (Phi) is 92.0. The van der Waals surface area contributed by atoms with Crippen molar-refractivity contribution in [2.75, 3.05) is 0 Å². The normalized spacial score (nSPS) is 3.00. The smallest absolute Gasteiger partial charge is 0 e. The lowest BCUT2D eigenvalue weighted by atomic mass is 15.0. The van der Waals surface area contributed by atoms with Crippen LogP contribution in [0.2, 0.25) is 0 Å². The van der Waals surface area contributed by atoms with E-state index in [1.165, 1.54) is 0 Å². The summed E-state index contributed by atoms with van der Waals surface area (Å²) in [6, 6.07) is 0. The molecular weight excluding hydrogens is 192 g/mol. The summed E-state index contributed by atoms with van der Waals surface area (Å²) in [5.74, 6) is 0. The largest absolute Gasteiger partial charge is 0.255 e. The van der Waals surface area contributed by atoms with E-state index in [1.54, 1.807) is 0 Å². The second-order valence-electron chi connectivity index (χ2n) is 0. The van der Waals surface area contributed by atoms with Crippen molar-refractivity contribution >= 4 is 28.3 Å². The lowest BCUT2D eigenvalue weighted by molar-refractivity contribution is -0.176. The molecule has 0 aliphatic heterocycles. The molecule has 0 rings (SSSR count). The minimum absolute atomic E-state index is 2.75. The molecule has 0 amide bonds. The molecule has 0 unspecified atom stereocenters. The van der Waals surface area contributed by atoms with E-state index in [2.05, 4.69) is 28.3 Å². The van der Waals surface area contributed by atoms with E-state index in [-0.39, 0.29) is 0 Å². The Morgan fingerprint density at radius 1 is 1.00 bits per heavy atom. The fraction of sp³-hybridized carbons (Fsp3) is 0. The van der Waals surface area contributed by atoms with Crippen molar-refractivity contribution in [2.24, 2.45) is 0 Å². The van der Waals surface area contributed by atoms with Gasteiger partial charge in [-0.1, -0.05) is 0 Å². The first-order valence-electron chi connectivity index (χ1n) is 0.343. The van der Waals surface area contributed by atoms with Crippen molar-refractivity contribution in [3.63, 3.8) is 0 Å². The highest BCUT2D eigenvalue weighted by atomic mass is 80.9. The van der Waals surface area contributed by atoms with Crippen molar-refractivity contribution in [3.8, 4) is 0 Å². The summed E-state index contributed by atoms with van der Waals surface area (Å²) in [6.07, 6.45) is 0. The predicted molar refractivity (Wildman–Crippen MR) is 23.1 cm³/mol. The van der Waals surface area contributed by atoms with Gasteiger partial charge in [0.15, 0.2) is 0 Å². The van der Waals surface area contributed by atoms with Crippen molar-refractivity contribution in [3.05, 3.63) is 0 Å². The molecule has 0 spiro atoms. The van der Waals surface area contributed by atoms with E-state index in [0.29, 0.717) is 0 Å². The molecule has 2 nitrogen and oxygen atoms in total. The molecule has 28 valence electrons. The first-order valence-corrected chi connectivity index (χ1v) is 4.06. The van der Waals surface area contributed by atoms with Gasteiger partial charge in [-0.2, -0.15) is 0 Å². The summed E-state index contributed by atoms with van der Waals surface area (Å²) in [4.78, 5) is 0. The monoisotopic (exact) mass is 192 g/mol. The molecule has 0 aliphatic carbocycles. The number of hydrogen-bond donors (Lipinski definition) is 2. The third-order valence-corrected chi connectivity index (χ3v) is 0. The highest BCUT2D eigenvalue weighted by Gasteiger charge is 1.00. The van der Waals surface area contributed by atoms with Gasteiger partial charge in [-0.3, -0.25) is 10.5 Å². The molecule has 0 saturated heterocycles. The van der Waals surface area contributed by atoms with E-state index in [4.69, 9.17) is 10.5 Å². The Morgan fingerprint density at radius 3 is 1.00 bits per heavy atom. The Morgan fingerprint density at radius 2 is 1.00 bits per heavy atom. The molecule has 4 heteroatoms. The molecule has 0 aromatic heterocycles.